The summed E-state index contributed by atoms with van der Waals surface area (Å²) in [6.45, 7) is 24.2. The van der Waals surface area contributed by atoms with E-state index in [2.05, 4.69) is 134 Å². The molecule has 0 bridgehead atoms. The second kappa shape index (κ2) is 9.66. The van der Waals surface area contributed by atoms with Gasteiger partial charge in [-0.25, -0.2) is 0 Å². The van der Waals surface area contributed by atoms with Crippen LogP contribution in [0.25, 0.3) is 0 Å². The molecule has 1 aliphatic heterocycles. The van der Waals surface area contributed by atoms with Crippen LogP contribution < -0.4 is 5.32 Å². The van der Waals surface area contributed by atoms with E-state index in [1.165, 1.54) is 11.1 Å². The summed E-state index contributed by atoms with van der Waals surface area (Å²) >= 11 is 0. The van der Waals surface area contributed by atoms with Crippen molar-refractivity contribution >= 4 is 16.6 Å². The molecule has 5 heteroatoms. The molecule has 1 fully saturated rings. The first kappa shape index (κ1) is 27.3. The third kappa shape index (κ3) is 5.44. The maximum atomic E-state index is 7.52. The summed E-state index contributed by atoms with van der Waals surface area (Å²) in [5, 5.41) is 4.17. The van der Waals surface area contributed by atoms with Crippen LogP contribution in [-0.4, -0.2) is 35.3 Å². The second-order valence-corrected chi connectivity index (χ2v) is 22.5. The number of nitrogens with one attached hydrogen (secondary N) is 1. The Morgan fingerprint density at radius 3 is 1.56 bits per heavy atom. The number of hydrogen-bond acceptors (Lipinski definition) is 3. The van der Waals surface area contributed by atoms with Crippen molar-refractivity contribution < 1.29 is 8.85 Å². The van der Waals surface area contributed by atoms with Crippen LogP contribution in [0.4, 0.5) is 0 Å². The molecule has 1 saturated heterocycles. The second-order valence-electron chi connectivity index (χ2n) is 13.0. The van der Waals surface area contributed by atoms with Gasteiger partial charge in [0, 0.05) is 12.6 Å². The number of rotatable bonds is 7. The van der Waals surface area contributed by atoms with Gasteiger partial charge in [-0.3, -0.25) is 0 Å². The van der Waals surface area contributed by atoms with Gasteiger partial charge in [0.15, 0.2) is 16.6 Å². The predicted molar refractivity (Wildman–Crippen MR) is 150 cm³/mol. The minimum absolute atomic E-state index is 0.0947. The van der Waals surface area contributed by atoms with Crippen LogP contribution in [0.15, 0.2) is 60.7 Å². The van der Waals surface area contributed by atoms with Crippen LogP contribution in [0.1, 0.15) is 59.1 Å². The maximum absolute atomic E-state index is 7.52. The highest BCUT2D eigenvalue weighted by atomic mass is 28.4. The Kier molecular flexibility index (Phi) is 7.77. The molecule has 1 aliphatic rings. The van der Waals surface area contributed by atoms with E-state index in [4.69, 9.17) is 8.85 Å². The van der Waals surface area contributed by atoms with Gasteiger partial charge in [0.25, 0.3) is 0 Å². The standard InChI is InChI=1S/C29H47NO2Si2/c1-27(2,3)33(7,8)31-25-21-26(30-22-25)29(23-17-13-11-14-18-23,24-19-15-12-16-20-24)32-34(9,10)28(4,5)6/h11-20,25-26,30H,21-22H2,1-10H3/t25-,26+/m1/s1. The Bertz CT molecular complexity index is 891. The van der Waals surface area contributed by atoms with Gasteiger partial charge in [-0.05, 0) is 53.8 Å². The van der Waals surface area contributed by atoms with Crippen LogP contribution in [0.3, 0.4) is 0 Å². The molecule has 0 aliphatic carbocycles. The van der Waals surface area contributed by atoms with E-state index in [1.807, 2.05) is 0 Å². The lowest BCUT2D eigenvalue weighted by atomic mass is 9.79. The van der Waals surface area contributed by atoms with Gasteiger partial charge in [0.05, 0.1) is 6.10 Å². The number of benzene rings is 2. The Morgan fingerprint density at radius 1 is 0.706 bits per heavy atom. The molecule has 0 saturated carbocycles. The smallest absolute Gasteiger partial charge is 0.193 e. The minimum Gasteiger partial charge on any atom is -0.413 e. The van der Waals surface area contributed by atoms with Gasteiger partial charge in [0.2, 0.25) is 0 Å². The van der Waals surface area contributed by atoms with Crippen LogP contribution in [0.5, 0.6) is 0 Å². The summed E-state index contributed by atoms with van der Waals surface area (Å²) in [6.07, 6.45) is 1.13. The first-order chi connectivity index (χ1) is 15.6. The molecule has 1 heterocycles. The molecule has 3 rings (SSSR count). The normalized spacial score (nSPS) is 20.5. The van der Waals surface area contributed by atoms with Crippen LogP contribution in [0, 0.1) is 0 Å². The fourth-order valence-electron chi connectivity index (χ4n) is 4.38. The first-order valence-corrected chi connectivity index (χ1v) is 18.6. The van der Waals surface area contributed by atoms with E-state index in [1.54, 1.807) is 0 Å². The third-order valence-electron chi connectivity index (χ3n) is 8.48. The summed E-state index contributed by atoms with van der Waals surface area (Å²) in [5.41, 5.74) is 1.87. The summed E-state index contributed by atoms with van der Waals surface area (Å²) in [6, 6.07) is 21.8. The van der Waals surface area contributed by atoms with Crippen LogP contribution >= 0.6 is 0 Å². The molecule has 188 valence electrons. The van der Waals surface area contributed by atoms with E-state index in [0.717, 1.165) is 13.0 Å². The maximum Gasteiger partial charge on any atom is 0.193 e. The molecule has 1 N–H and O–H groups in total. The zero-order valence-electron chi connectivity index (χ0n) is 23.2. The monoisotopic (exact) mass is 497 g/mol. The van der Waals surface area contributed by atoms with E-state index in [-0.39, 0.29) is 22.2 Å². The lowest BCUT2D eigenvalue weighted by molar-refractivity contribution is 0.0517. The molecule has 0 radical (unpaired) electrons. The van der Waals surface area contributed by atoms with E-state index in [0.29, 0.717) is 0 Å². The molecule has 2 aromatic rings. The molecular weight excluding hydrogens is 450 g/mol. The zero-order valence-corrected chi connectivity index (χ0v) is 25.2. The molecule has 0 spiro atoms. The Morgan fingerprint density at radius 2 is 1.15 bits per heavy atom. The van der Waals surface area contributed by atoms with Crippen molar-refractivity contribution in [2.45, 2.75) is 102 Å². The van der Waals surface area contributed by atoms with Gasteiger partial charge in [0.1, 0.15) is 5.60 Å². The predicted octanol–water partition coefficient (Wildman–Crippen LogP) is 7.70. The van der Waals surface area contributed by atoms with Crippen molar-refractivity contribution in [2.24, 2.45) is 0 Å². The van der Waals surface area contributed by atoms with Gasteiger partial charge >= 0.3 is 0 Å². The van der Waals surface area contributed by atoms with Crippen molar-refractivity contribution in [3.63, 3.8) is 0 Å². The Labute approximate surface area is 210 Å². The minimum atomic E-state index is -2.14. The molecule has 0 aromatic heterocycles. The average molecular weight is 498 g/mol. The molecular formula is C29H47NO2Si2. The molecule has 2 aromatic carbocycles. The highest BCUT2D eigenvalue weighted by molar-refractivity contribution is 6.74. The summed E-state index contributed by atoms with van der Waals surface area (Å²) < 4.78 is 14.4. The number of hydrogen-bond donors (Lipinski definition) is 1. The Hall–Kier alpha value is -1.25. The molecule has 2 atom stereocenters. The Balaban J connectivity index is 2.10. The van der Waals surface area contributed by atoms with E-state index >= 15 is 0 Å². The highest BCUT2D eigenvalue weighted by Crippen LogP contribution is 2.48. The van der Waals surface area contributed by atoms with Crippen molar-refractivity contribution in [1.82, 2.24) is 5.32 Å². The van der Waals surface area contributed by atoms with Gasteiger partial charge in [-0.1, -0.05) is 102 Å². The topological polar surface area (TPSA) is 30.5 Å². The first-order valence-electron chi connectivity index (χ1n) is 12.8. The molecule has 0 amide bonds. The van der Waals surface area contributed by atoms with Crippen molar-refractivity contribution in [1.29, 1.82) is 0 Å². The highest BCUT2D eigenvalue weighted by Gasteiger charge is 2.53. The fourth-order valence-corrected chi connectivity index (χ4v) is 7.24. The van der Waals surface area contributed by atoms with Gasteiger partial charge in [-0.2, -0.15) is 0 Å². The molecule has 34 heavy (non-hydrogen) atoms. The lowest BCUT2D eigenvalue weighted by Crippen LogP contribution is -2.56. The van der Waals surface area contributed by atoms with Crippen molar-refractivity contribution in [3.8, 4) is 0 Å². The van der Waals surface area contributed by atoms with Crippen molar-refractivity contribution in [2.75, 3.05) is 6.54 Å². The average Bonchev–Trinajstić information content (AvgIpc) is 3.20. The summed E-state index contributed by atoms with van der Waals surface area (Å²) in [5.74, 6) is 0. The van der Waals surface area contributed by atoms with E-state index < -0.39 is 22.2 Å². The molecule has 0 unspecified atom stereocenters. The largest absolute Gasteiger partial charge is 0.413 e. The van der Waals surface area contributed by atoms with Gasteiger partial charge < -0.3 is 14.2 Å². The third-order valence-corrected chi connectivity index (χ3v) is 17.5. The zero-order chi connectivity index (χ0) is 25.4. The summed E-state index contributed by atoms with van der Waals surface area (Å²) in [7, 11) is -4.01. The van der Waals surface area contributed by atoms with E-state index in [9.17, 15) is 0 Å². The lowest BCUT2D eigenvalue weighted by Gasteiger charge is -2.49. The molecule has 3 nitrogen and oxygen atoms in total. The fraction of sp³-hybridized carbons (Fsp3) is 0.586. The van der Waals surface area contributed by atoms with Gasteiger partial charge in [-0.15, -0.1) is 0 Å². The van der Waals surface area contributed by atoms with Crippen LogP contribution in [0.2, 0.25) is 36.3 Å². The van der Waals surface area contributed by atoms with Crippen molar-refractivity contribution in [3.05, 3.63) is 71.8 Å². The summed E-state index contributed by atoms with van der Waals surface area (Å²) in [4.78, 5) is 0. The quantitative estimate of drug-likeness (QED) is 0.397. The SMILES string of the molecule is CC(C)(C)[Si](C)(C)O[C@H]1CN[C@H](C(O[Si](C)(C)C(C)(C)C)(c2ccccc2)c2ccccc2)C1. The van der Waals surface area contributed by atoms with Crippen LogP contribution in [-0.2, 0) is 14.5 Å².